The molecule has 0 radical (unpaired) electrons. The number of aromatic amines is 1. The SMILES string of the molecule is CN(C)C[C@@H]1COc2cc(S(=O)(=O)NC(=O)c3ccc(N4CCN(CC5=C(c6ccc(Cl)cc6)CC(C)(C)CC5)CC4)cc3Oc3cnc4[nH]ccc4c3)cc([N+](=O)[O-])c2C1. The predicted molar refractivity (Wildman–Crippen MR) is 236 cm³/mol. The first-order chi connectivity index (χ1) is 29.1. The quantitative estimate of drug-likeness (QED) is 0.0925. The molecular formula is C45H50ClN7O7S. The molecule has 2 aliphatic heterocycles. The zero-order valence-electron chi connectivity index (χ0n) is 34.7. The number of carbonyl (C=O) groups excluding carboxylic acids is 1. The number of hydrogen-bond acceptors (Lipinski definition) is 11. The Labute approximate surface area is 360 Å². The maximum absolute atomic E-state index is 14.0. The first-order valence-corrected chi connectivity index (χ1v) is 22.3. The number of halogens is 1. The van der Waals surface area contributed by atoms with E-state index in [1.807, 2.05) is 37.2 Å². The van der Waals surface area contributed by atoms with Crippen molar-refractivity contribution >= 4 is 55.5 Å². The number of pyridine rings is 1. The molecule has 1 saturated heterocycles. The lowest BCUT2D eigenvalue weighted by Gasteiger charge is -2.39. The number of benzene rings is 3. The van der Waals surface area contributed by atoms with Crippen molar-refractivity contribution in [2.75, 3.05) is 64.9 Å². The molecule has 16 heteroatoms. The van der Waals surface area contributed by atoms with Gasteiger partial charge in [-0.3, -0.25) is 19.8 Å². The molecule has 1 aliphatic carbocycles. The van der Waals surface area contributed by atoms with Crippen molar-refractivity contribution in [1.29, 1.82) is 0 Å². The van der Waals surface area contributed by atoms with Gasteiger partial charge in [-0.15, -0.1) is 0 Å². The molecule has 14 nitrogen and oxygen atoms in total. The standard InChI is InChI=1S/C45H50ClN7O7S/c1-45(2)13-11-32(39(24-45)30-5-7-33(46)8-6-30)27-51-15-17-52(18-16-51)34-9-10-37(42(21-34)60-35-20-31-12-14-47-43(31)48-25-35)44(54)49-61(57,58)36-22-40(53(55)56)38-19-29(26-50(3)4)28-59-41(38)23-36/h5-10,12,14,20-23,25,29H,11,13,15-19,24,26-28H2,1-4H3,(H,47,48)(H,49,54)/t29-/m1/s1. The van der Waals surface area contributed by atoms with Gasteiger partial charge >= 0.3 is 0 Å². The third-order valence-electron chi connectivity index (χ3n) is 11.8. The number of carbonyl (C=O) groups is 1. The Bertz CT molecular complexity index is 2620. The van der Waals surface area contributed by atoms with E-state index < -0.39 is 25.7 Å². The van der Waals surface area contributed by atoms with Crippen molar-refractivity contribution in [1.82, 2.24) is 24.5 Å². The summed E-state index contributed by atoms with van der Waals surface area (Å²) in [7, 11) is -0.802. The Morgan fingerprint density at radius 3 is 2.59 bits per heavy atom. The largest absolute Gasteiger partial charge is 0.493 e. The fourth-order valence-corrected chi connectivity index (χ4v) is 9.79. The van der Waals surface area contributed by atoms with Gasteiger partial charge in [0.05, 0.1) is 33.7 Å². The minimum atomic E-state index is -4.61. The van der Waals surface area contributed by atoms with Crippen LogP contribution in [0.15, 0.2) is 89.6 Å². The van der Waals surface area contributed by atoms with Gasteiger partial charge in [-0.2, -0.15) is 0 Å². The van der Waals surface area contributed by atoms with Crippen LogP contribution in [0.25, 0.3) is 16.6 Å². The summed E-state index contributed by atoms with van der Waals surface area (Å²) in [6.07, 6.45) is 6.83. The molecule has 320 valence electrons. The number of fused-ring (bicyclic) bond motifs is 2. The maximum atomic E-state index is 14.0. The van der Waals surface area contributed by atoms with E-state index in [4.69, 9.17) is 21.1 Å². The molecule has 1 amide bonds. The highest BCUT2D eigenvalue weighted by molar-refractivity contribution is 7.90. The van der Waals surface area contributed by atoms with Gasteiger partial charge < -0.3 is 24.3 Å². The number of sulfonamides is 1. The molecule has 8 rings (SSSR count). The van der Waals surface area contributed by atoms with E-state index in [1.165, 1.54) is 29.0 Å². The van der Waals surface area contributed by atoms with Gasteiger partial charge in [-0.1, -0.05) is 43.2 Å². The Balaban J connectivity index is 1.03. The summed E-state index contributed by atoms with van der Waals surface area (Å²) in [5.41, 5.74) is 5.70. The number of nitrogens with zero attached hydrogens (tertiary/aromatic N) is 5. The number of H-pyrrole nitrogens is 1. The second-order valence-corrected chi connectivity index (χ2v) is 19.4. The number of rotatable bonds is 12. The van der Waals surface area contributed by atoms with Gasteiger partial charge in [0.15, 0.2) is 0 Å². The van der Waals surface area contributed by atoms with Crippen molar-refractivity contribution in [2.45, 2.75) is 44.4 Å². The molecule has 4 heterocycles. The Morgan fingerprint density at radius 1 is 1.08 bits per heavy atom. The van der Waals surface area contributed by atoms with E-state index in [2.05, 4.69) is 50.5 Å². The minimum absolute atomic E-state index is 0.0113. The van der Waals surface area contributed by atoms with Crippen molar-refractivity contribution in [2.24, 2.45) is 11.3 Å². The average Bonchev–Trinajstić information content (AvgIpc) is 3.69. The summed E-state index contributed by atoms with van der Waals surface area (Å²) in [5.74, 6) is -0.391. The number of allylic oxidation sites excluding steroid dienone is 1. The Kier molecular flexibility index (Phi) is 11.8. The lowest BCUT2D eigenvalue weighted by Crippen LogP contribution is -2.47. The topological polar surface area (TPSA) is 163 Å². The lowest BCUT2D eigenvalue weighted by atomic mass is 9.72. The summed E-state index contributed by atoms with van der Waals surface area (Å²) in [6, 6.07) is 19.1. The molecule has 0 bridgehead atoms. The van der Waals surface area contributed by atoms with Crippen LogP contribution in [0.5, 0.6) is 17.2 Å². The van der Waals surface area contributed by atoms with Gasteiger partial charge in [-0.25, -0.2) is 18.1 Å². The van der Waals surface area contributed by atoms with Crippen molar-refractivity contribution < 1.29 is 27.6 Å². The third kappa shape index (κ3) is 9.55. The number of piperazine rings is 1. The molecule has 0 spiro atoms. The molecule has 3 aromatic carbocycles. The van der Waals surface area contributed by atoms with E-state index in [9.17, 15) is 23.3 Å². The van der Waals surface area contributed by atoms with E-state index in [0.717, 1.165) is 74.1 Å². The molecular weight excluding hydrogens is 818 g/mol. The van der Waals surface area contributed by atoms with Gasteiger partial charge in [-0.05, 0) is 92.7 Å². The molecule has 1 atom stereocenters. The van der Waals surface area contributed by atoms with Crippen LogP contribution < -0.4 is 19.1 Å². The number of anilines is 1. The zero-order chi connectivity index (χ0) is 43.1. The summed E-state index contributed by atoms with van der Waals surface area (Å²) >= 11 is 6.24. The van der Waals surface area contributed by atoms with Crippen LogP contribution in [0.3, 0.4) is 0 Å². The molecule has 1 fully saturated rings. The maximum Gasteiger partial charge on any atom is 0.277 e. The van der Waals surface area contributed by atoms with Crippen LogP contribution >= 0.6 is 11.6 Å². The fraction of sp³-hybridized carbons (Fsp3) is 0.378. The van der Waals surface area contributed by atoms with Crippen molar-refractivity contribution in [3.63, 3.8) is 0 Å². The second-order valence-electron chi connectivity index (χ2n) is 17.3. The zero-order valence-corrected chi connectivity index (χ0v) is 36.3. The molecule has 2 N–H and O–H groups in total. The first-order valence-electron chi connectivity index (χ1n) is 20.5. The average molecular weight is 868 g/mol. The normalized spacial score (nSPS) is 18.2. The lowest BCUT2D eigenvalue weighted by molar-refractivity contribution is -0.386. The molecule has 0 unspecified atom stereocenters. The number of nitro groups is 1. The molecule has 5 aromatic rings. The number of hydrogen-bond donors (Lipinski definition) is 2. The van der Waals surface area contributed by atoms with E-state index in [1.54, 1.807) is 30.5 Å². The number of aromatic nitrogens is 2. The number of nitrogens with one attached hydrogen (secondary N) is 2. The van der Waals surface area contributed by atoms with Gasteiger partial charge in [0.1, 0.15) is 22.9 Å². The second kappa shape index (κ2) is 17.1. The van der Waals surface area contributed by atoms with Gasteiger partial charge in [0.25, 0.3) is 21.6 Å². The summed E-state index contributed by atoms with van der Waals surface area (Å²) in [4.78, 5) is 39.3. The van der Waals surface area contributed by atoms with Gasteiger partial charge in [0.2, 0.25) is 0 Å². The summed E-state index contributed by atoms with van der Waals surface area (Å²) in [5, 5.41) is 13.7. The summed E-state index contributed by atoms with van der Waals surface area (Å²) < 4.78 is 41.9. The van der Waals surface area contributed by atoms with Crippen LogP contribution in [-0.2, 0) is 16.4 Å². The van der Waals surface area contributed by atoms with Crippen molar-refractivity contribution in [3.05, 3.63) is 117 Å². The fourth-order valence-electron chi connectivity index (χ4n) is 8.66. The van der Waals surface area contributed by atoms with Crippen LogP contribution in [0.1, 0.15) is 54.6 Å². The van der Waals surface area contributed by atoms with Crippen LogP contribution in [0.4, 0.5) is 11.4 Å². The highest BCUT2D eigenvalue weighted by atomic mass is 35.5. The smallest absolute Gasteiger partial charge is 0.277 e. The number of nitro benzene ring substituents is 1. The van der Waals surface area contributed by atoms with Crippen LogP contribution in [-0.4, -0.2) is 99.0 Å². The van der Waals surface area contributed by atoms with Crippen LogP contribution in [0.2, 0.25) is 5.02 Å². The number of amides is 1. The predicted octanol–water partition coefficient (Wildman–Crippen LogP) is 7.93. The highest BCUT2D eigenvalue weighted by Crippen LogP contribution is 2.44. The van der Waals surface area contributed by atoms with Crippen LogP contribution in [0, 0.1) is 21.4 Å². The highest BCUT2D eigenvalue weighted by Gasteiger charge is 2.33. The molecule has 0 saturated carbocycles. The summed E-state index contributed by atoms with van der Waals surface area (Å²) in [6.45, 7) is 9.54. The monoisotopic (exact) mass is 867 g/mol. The van der Waals surface area contributed by atoms with Crippen molar-refractivity contribution in [3.8, 4) is 17.2 Å². The van der Waals surface area contributed by atoms with Gasteiger partial charge in [0, 0.05) is 85.7 Å². The Hall–Kier alpha value is -5.48. The number of ether oxygens (including phenoxy) is 2. The molecule has 3 aliphatic rings. The Morgan fingerprint density at radius 2 is 1.85 bits per heavy atom. The van der Waals surface area contributed by atoms with E-state index in [0.29, 0.717) is 29.9 Å². The minimum Gasteiger partial charge on any atom is -0.493 e. The van der Waals surface area contributed by atoms with E-state index >= 15 is 0 Å². The third-order valence-corrected chi connectivity index (χ3v) is 13.4. The molecule has 2 aromatic heterocycles. The van der Waals surface area contributed by atoms with E-state index in [-0.39, 0.29) is 40.7 Å². The molecule has 61 heavy (non-hydrogen) atoms. The first kappa shape index (κ1) is 42.2.